The summed E-state index contributed by atoms with van der Waals surface area (Å²) in [7, 11) is -5.84. The molecule has 0 unspecified atom stereocenters. The lowest BCUT2D eigenvalue weighted by atomic mass is 9.77. The monoisotopic (exact) mass is 533 g/mol. The van der Waals surface area contributed by atoms with Crippen LogP contribution in [0.3, 0.4) is 0 Å². The number of unbranched alkanes of at least 4 members (excludes halogenated alkanes) is 2. The molecule has 0 atom stereocenters. The molecule has 1 aromatic carbocycles. The molecule has 1 saturated carbocycles. The van der Waals surface area contributed by atoms with E-state index < -0.39 is 15.6 Å². The fourth-order valence-corrected chi connectivity index (χ4v) is 6.71. The van der Waals surface area contributed by atoms with Crippen molar-refractivity contribution in [2.45, 2.75) is 76.1 Å². The van der Waals surface area contributed by atoms with Crippen LogP contribution in [0.2, 0.25) is 0 Å². The van der Waals surface area contributed by atoms with Gasteiger partial charge in [-0.2, -0.15) is 21.6 Å². The summed E-state index contributed by atoms with van der Waals surface area (Å²) >= 11 is 3.19. The zero-order chi connectivity index (χ0) is 24.6. The van der Waals surface area contributed by atoms with Gasteiger partial charge >= 0.3 is 15.6 Å². The minimum atomic E-state index is -5.84. The van der Waals surface area contributed by atoms with Gasteiger partial charge in [0.15, 0.2) is 17.1 Å². The van der Waals surface area contributed by atoms with Crippen molar-refractivity contribution < 1.29 is 34.9 Å². The van der Waals surface area contributed by atoms with Crippen LogP contribution in [0, 0.1) is 17.6 Å². The van der Waals surface area contributed by atoms with Crippen LogP contribution in [-0.2, 0) is 21.5 Å². The van der Waals surface area contributed by atoms with Crippen LogP contribution in [0.4, 0.5) is 22.0 Å². The van der Waals surface area contributed by atoms with Gasteiger partial charge in [0.25, 0.3) is 4.20 Å². The predicted octanol–water partition coefficient (Wildman–Crippen LogP) is 6.91. The summed E-state index contributed by atoms with van der Waals surface area (Å²) < 4.78 is 87.7. The maximum Gasteiger partial charge on any atom is 0.522 e. The third-order valence-corrected chi connectivity index (χ3v) is 9.06. The highest BCUT2D eigenvalue weighted by Gasteiger charge is 2.44. The van der Waals surface area contributed by atoms with Gasteiger partial charge in [-0.25, -0.2) is 8.78 Å². The van der Waals surface area contributed by atoms with Crippen molar-refractivity contribution in [2.24, 2.45) is 5.92 Å². The van der Waals surface area contributed by atoms with Crippen molar-refractivity contribution in [1.29, 1.82) is 0 Å². The Bertz CT molecular complexity index is 885. The van der Waals surface area contributed by atoms with Crippen LogP contribution in [-0.4, -0.2) is 34.2 Å². The standard InChI is InChI=1S/C21H29F2S2.CHF3O3S/c1-2-3-4-6-15-7-9-16(10-8-15)17-13-18(22)20(19(23)14-17)21-24-11-5-12-25-21;2-1(3,4)8(5,6)7/h13-16H,2-12H2,1H3;(H,5,6,7)/q+1;. The third kappa shape index (κ3) is 8.74. The molecule has 1 fully saturated rings. The highest BCUT2D eigenvalue weighted by Crippen LogP contribution is 2.39. The highest BCUT2D eigenvalue weighted by atomic mass is 32.2. The quantitative estimate of drug-likeness (QED) is 0.108. The summed E-state index contributed by atoms with van der Waals surface area (Å²) in [6, 6.07) is 3.23. The second kappa shape index (κ2) is 12.8. The normalized spacial score (nSPS) is 21.7. The van der Waals surface area contributed by atoms with Gasteiger partial charge in [0, 0.05) is 12.2 Å². The van der Waals surface area contributed by atoms with Gasteiger partial charge in [-0.1, -0.05) is 44.4 Å². The van der Waals surface area contributed by atoms with Gasteiger partial charge in [0.05, 0.1) is 0 Å². The van der Waals surface area contributed by atoms with Crippen LogP contribution in [0.1, 0.15) is 81.8 Å². The first-order chi connectivity index (χ1) is 15.4. The summed E-state index contributed by atoms with van der Waals surface area (Å²) in [5.74, 6) is 2.35. The molecule has 0 radical (unpaired) electrons. The van der Waals surface area contributed by atoms with Crippen molar-refractivity contribution >= 4 is 37.4 Å². The second-order valence-corrected chi connectivity index (χ2v) is 12.2. The molecular weight excluding hydrogens is 503 g/mol. The molecule has 0 aromatic heterocycles. The second-order valence-electron chi connectivity index (χ2n) is 8.33. The van der Waals surface area contributed by atoms with Crippen LogP contribution in [0.5, 0.6) is 0 Å². The Balaban J connectivity index is 0.000000414. The summed E-state index contributed by atoms with van der Waals surface area (Å²) in [5.41, 5.74) is -4.45. The van der Waals surface area contributed by atoms with Gasteiger partial charge < -0.3 is 0 Å². The molecule has 1 aromatic rings. The number of rotatable bonds is 6. The zero-order valence-electron chi connectivity index (χ0n) is 18.5. The molecule has 1 heterocycles. The third-order valence-electron chi connectivity index (χ3n) is 5.85. The first kappa shape index (κ1) is 28.5. The van der Waals surface area contributed by atoms with E-state index in [9.17, 15) is 22.0 Å². The molecule has 11 heteroatoms. The Morgan fingerprint density at radius 2 is 1.67 bits per heavy atom. The van der Waals surface area contributed by atoms with Crippen molar-refractivity contribution in [3.63, 3.8) is 0 Å². The van der Waals surface area contributed by atoms with Gasteiger partial charge in [-0.15, -0.1) is 0 Å². The molecular formula is C22H30F5O3S3+. The van der Waals surface area contributed by atoms with Crippen molar-refractivity contribution in [1.82, 2.24) is 0 Å². The summed E-state index contributed by atoms with van der Waals surface area (Å²) in [5, 5.41) is 0. The number of halogens is 5. The minimum Gasteiger partial charge on any atom is -0.279 e. The summed E-state index contributed by atoms with van der Waals surface area (Å²) in [4.78, 5) is 0. The Morgan fingerprint density at radius 3 is 2.12 bits per heavy atom. The van der Waals surface area contributed by atoms with Gasteiger partial charge in [-0.3, -0.25) is 4.55 Å². The molecule has 2 aliphatic rings. The molecule has 0 saturated heterocycles. The molecule has 0 bridgehead atoms. The lowest BCUT2D eigenvalue weighted by Gasteiger charge is -2.29. The van der Waals surface area contributed by atoms with E-state index in [4.69, 9.17) is 13.0 Å². The fourth-order valence-electron chi connectivity index (χ4n) is 4.07. The molecule has 0 amide bonds. The van der Waals surface area contributed by atoms with Crippen molar-refractivity contribution in [3.8, 4) is 0 Å². The molecule has 188 valence electrons. The molecule has 1 aliphatic carbocycles. The lowest BCUT2D eigenvalue weighted by Crippen LogP contribution is -2.21. The van der Waals surface area contributed by atoms with E-state index in [1.54, 1.807) is 35.2 Å². The van der Waals surface area contributed by atoms with Gasteiger partial charge in [0.2, 0.25) is 0 Å². The summed E-state index contributed by atoms with van der Waals surface area (Å²) in [6.45, 7) is 2.24. The van der Waals surface area contributed by atoms with Gasteiger partial charge in [0.1, 0.15) is 17.2 Å². The molecule has 3 nitrogen and oxygen atoms in total. The van der Waals surface area contributed by atoms with Crippen LogP contribution in [0.25, 0.3) is 0 Å². The summed E-state index contributed by atoms with van der Waals surface area (Å²) in [6.07, 6.45) is 11.0. The van der Waals surface area contributed by atoms with Crippen molar-refractivity contribution in [3.05, 3.63) is 34.9 Å². The number of alkyl halides is 3. The van der Waals surface area contributed by atoms with Crippen molar-refractivity contribution in [2.75, 3.05) is 11.5 Å². The van der Waals surface area contributed by atoms with Gasteiger partial charge in [-0.05, 0) is 55.2 Å². The maximum absolute atomic E-state index is 14.6. The van der Waals surface area contributed by atoms with E-state index in [2.05, 4.69) is 6.92 Å². The molecule has 0 spiro atoms. The smallest absolute Gasteiger partial charge is 0.279 e. The van der Waals surface area contributed by atoms with Crippen LogP contribution < -0.4 is 0 Å². The molecule has 33 heavy (non-hydrogen) atoms. The minimum absolute atomic E-state index is 0.215. The Labute approximate surface area is 200 Å². The highest BCUT2D eigenvalue weighted by molar-refractivity contribution is 8.23. The lowest BCUT2D eigenvalue weighted by molar-refractivity contribution is -0.0510. The number of hydrogen-bond donors (Lipinski definition) is 1. The van der Waals surface area contributed by atoms with E-state index >= 15 is 0 Å². The average Bonchev–Trinajstić information content (AvgIpc) is 2.74. The SMILES string of the molecule is CCCCCC1CCC(c2cc(F)c(C3=[S+]CCCS3)c(F)c2)CC1.O=S(=O)(O)C(F)(F)F. The fraction of sp³-hybridized carbons (Fsp3) is 0.682. The van der Waals surface area contributed by atoms with E-state index in [1.807, 2.05) is 0 Å². The molecule has 1 aliphatic heterocycles. The predicted molar refractivity (Wildman–Crippen MR) is 126 cm³/mol. The zero-order valence-corrected chi connectivity index (χ0v) is 20.9. The largest absolute Gasteiger partial charge is 0.522 e. The van der Waals surface area contributed by atoms with E-state index in [-0.39, 0.29) is 17.2 Å². The number of benzene rings is 1. The number of thioether (sulfide) groups is 1. The topological polar surface area (TPSA) is 54.4 Å². The Hall–Kier alpha value is -0.780. The molecule has 1 N–H and O–H groups in total. The Morgan fingerprint density at radius 1 is 1.09 bits per heavy atom. The van der Waals surface area contributed by atoms with Crippen LogP contribution >= 0.6 is 11.8 Å². The first-order valence-corrected chi connectivity index (χ1v) is 14.5. The first-order valence-electron chi connectivity index (χ1n) is 11.1. The molecule has 3 rings (SSSR count). The Kier molecular flexibility index (Phi) is 11.0. The maximum atomic E-state index is 14.6. The van der Waals surface area contributed by atoms with E-state index in [0.29, 0.717) is 5.92 Å². The van der Waals surface area contributed by atoms with E-state index in [0.717, 1.165) is 46.4 Å². The van der Waals surface area contributed by atoms with E-state index in [1.165, 1.54) is 38.5 Å². The van der Waals surface area contributed by atoms with Crippen LogP contribution in [0.15, 0.2) is 12.1 Å². The number of hydrogen-bond acceptors (Lipinski definition) is 3. The average molecular weight is 534 g/mol.